The van der Waals surface area contributed by atoms with Crippen LogP contribution in [-0.2, 0) is 9.59 Å². The van der Waals surface area contributed by atoms with E-state index >= 15 is 0 Å². The lowest BCUT2D eigenvalue weighted by atomic mass is 10.1. The van der Waals surface area contributed by atoms with E-state index in [1.807, 2.05) is 30.3 Å². The highest BCUT2D eigenvalue weighted by atomic mass is 32.2. The molecule has 0 radical (unpaired) electrons. The largest absolute Gasteiger partial charge is 0.351 e. The van der Waals surface area contributed by atoms with Crippen LogP contribution in [0.5, 0.6) is 0 Å². The van der Waals surface area contributed by atoms with Gasteiger partial charge in [0.2, 0.25) is 5.91 Å². The number of hydrogen-bond donors (Lipinski definition) is 1. The third-order valence-corrected chi connectivity index (χ3v) is 5.66. The molecule has 8 heteroatoms. The second kappa shape index (κ2) is 9.57. The molecule has 0 atom stereocenters. The van der Waals surface area contributed by atoms with Crippen molar-refractivity contribution in [2.24, 2.45) is 0 Å². The molecule has 0 bridgehead atoms. The van der Waals surface area contributed by atoms with Crippen molar-refractivity contribution in [3.63, 3.8) is 0 Å². The Morgan fingerprint density at radius 3 is 2.69 bits per heavy atom. The van der Waals surface area contributed by atoms with Crippen LogP contribution in [0.4, 0.5) is 9.18 Å². The molecule has 0 saturated carbocycles. The van der Waals surface area contributed by atoms with Crippen molar-refractivity contribution in [3.8, 4) is 0 Å². The number of nitrogens with one attached hydrogen (secondary N) is 1. The number of nitrogens with zero attached hydrogens (tertiary/aromatic N) is 2. The third kappa shape index (κ3) is 4.92. The number of amides is 3. The van der Waals surface area contributed by atoms with Crippen LogP contribution >= 0.6 is 11.8 Å². The van der Waals surface area contributed by atoms with Gasteiger partial charge in [0.25, 0.3) is 11.1 Å². The van der Waals surface area contributed by atoms with Crippen molar-refractivity contribution in [3.05, 3.63) is 88.7 Å². The number of halogens is 1. The van der Waals surface area contributed by atoms with Crippen molar-refractivity contribution < 1.29 is 18.8 Å². The molecule has 2 aromatic carbocycles. The maximum absolute atomic E-state index is 13.0. The number of carbonyl (C=O) groups is 3. The number of aromatic nitrogens is 1. The summed E-state index contributed by atoms with van der Waals surface area (Å²) in [4.78, 5) is 42.5. The Bertz CT molecular complexity index is 1250. The Labute approximate surface area is 187 Å². The van der Waals surface area contributed by atoms with E-state index in [0.29, 0.717) is 5.56 Å². The maximum atomic E-state index is 13.0. The summed E-state index contributed by atoms with van der Waals surface area (Å²) in [5, 5.41) is 3.24. The molecule has 1 N–H and O–H groups in total. The van der Waals surface area contributed by atoms with Gasteiger partial charge in [0.1, 0.15) is 5.82 Å². The Morgan fingerprint density at radius 1 is 1.09 bits per heavy atom. The van der Waals surface area contributed by atoms with E-state index in [1.54, 1.807) is 18.3 Å². The summed E-state index contributed by atoms with van der Waals surface area (Å²) in [6.45, 7) is 0.180. The molecule has 6 nitrogen and oxygen atoms in total. The predicted octanol–water partition coefficient (Wildman–Crippen LogP) is 4.24. The molecular formula is C24H18FN3O3S. The van der Waals surface area contributed by atoms with Crippen LogP contribution in [0.2, 0.25) is 0 Å². The second-order valence-corrected chi connectivity index (χ2v) is 7.92. The lowest BCUT2D eigenvalue weighted by Crippen LogP contribution is -2.36. The van der Waals surface area contributed by atoms with Crippen molar-refractivity contribution in [1.29, 1.82) is 0 Å². The van der Waals surface area contributed by atoms with Crippen LogP contribution in [0.15, 0.2) is 71.8 Å². The summed E-state index contributed by atoms with van der Waals surface area (Å²) in [5.74, 6) is -1.15. The monoisotopic (exact) mass is 447 g/mol. The molecule has 3 aromatic rings. The predicted molar refractivity (Wildman–Crippen MR) is 123 cm³/mol. The van der Waals surface area contributed by atoms with Gasteiger partial charge >= 0.3 is 0 Å². The van der Waals surface area contributed by atoms with E-state index in [4.69, 9.17) is 0 Å². The number of para-hydroxylation sites is 1. The summed E-state index contributed by atoms with van der Waals surface area (Å²) in [6.07, 6.45) is 6.31. The lowest BCUT2D eigenvalue weighted by Gasteiger charge is -2.12. The van der Waals surface area contributed by atoms with E-state index in [0.717, 1.165) is 33.1 Å². The van der Waals surface area contributed by atoms with Gasteiger partial charge in [-0.05, 0) is 47.7 Å². The van der Waals surface area contributed by atoms with Crippen LogP contribution in [0.3, 0.4) is 0 Å². The summed E-state index contributed by atoms with van der Waals surface area (Å²) in [5.41, 5.74) is 2.23. The molecule has 160 valence electrons. The summed E-state index contributed by atoms with van der Waals surface area (Å²) < 4.78 is 13.0. The molecule has 0 unspecified atom stereocenters. The highest BCUT2D eigenvalue weighted by molar-refractivity contribution is 8.18. The van der Waals surface area contributed by atoms with Crippen molar-refractivity contribution in [2.75, 3.05) is 13.1 Å². The summed E-state index contributed by atoms with van der Waals surface area (Å²) in [6, 6.07) is 15.1. The van der Waals surface area contributed by atoms with E-state index in [2.05, 4.69) is 10.3 Å². The quantitative estimate of drug-likeness (QED) is 0.572. The average Bonchev–Trinajstić information content (AvgIpc) is 3.06. The summed E-state index contributed by atoms with van der Waals surface area (Å²) >= 11 is 0.819. The minimum atomic E-state index is -0.434. The average molecular weight is 447 g/mol. The van der Waals surface area contributed by atoms with E-state index < -0.39 is 11.1 Å². The molecule has 1 aromatic heterocycles. The zero-order chi connectivity index (χ0) is 22.5. The Kier molecular flexibility index (Phi) is 6.42. The summed E-state index contributed by atoms with van der Waals surface area (Å²) in [7, 11) is 0. The standard InChI is InChI=1S/C24H18FN3O3S/c25-19-9-6-16(7-10-19)15-20-23(30)28(24(31)32-20)14-13-26-21(29)11-8-18-4-1-3-17-5-2-12-27-22(17)18/h1-12,15H,13-14H2,(H,26,29). The van der Waals surface area contributed by atoms with E-state index in [9.17, 15) is 18.8 Å². The van der Waals surface area contributed by atoms with Crippen LogP contribution < -0.4 is 5.32 Å². The lowest BCUT2D eigenvalue weighted by molar-refractivity contribution is -0.123. The van der Waals surface area contributed by atoms with Crippen LogP contribution in [0, 0.1) is 5.82 Å². The molecule has 1 fully saturated rings. The molecule has 32 heavy (non-hydrogen) atoms. The van der Waals surface area contributed by atoms with Crippen LogP contribution in [0.1, 0.15) is 11.1 Å². The fourth-order valence-corrected chi connectivity index (χ4v) is 4.05. The molecule has 0 spiro atoms. The Morgan fingerprint density at radius 2 is 1.88 bits per heavy atom. The zero-order valence-electron chi connectivity index (χ0n) is 16.8. The first-order valence-electron chi connectivity index (χ1n) is 9.82. The number of benzene rings is 2. The Hall–Kier alpha value is -3.78. The number of fused-ring (bicyclic) bond motifs is 1. The Balaban J connectivity index is 1.33. The van der Waals surface area contributed by atoms with E-state index in [1.165, 1.54) is 30.3 Å². The molecule has 3 amide bonds. The SMILES string of the molecule is O=C(C=Cc1cccc2cccnc12)NCCN1C(=O)SC(=Cc2ccc(F)cc2)C1=O. The smallest absolute Gasteiger partial charge is 0.293 e. The molecule has 1 aliphatic rings. The van der Waals surface area contributed by atoms with Gasteiger partial charge in [-0.1, -0.05) is 36.4 Å². The van der Waals surface area contributed by atoms with E-state index in [-0.39, 0.29) is 29.7 Å². The van der Waals surface area contributed by atoms with Gasteiger partial charge in [-0.15, -0.1) is 0 Å². The normalized spacial score (nSPS) is 15.3. The molecule has 2 heterocycles. The van der Waals surface area contributed by atoms with Crippen molar-refractivity contribution >= 4 is 51.9 Å². The maximum Gasteiger partial charge on any atom is 0.293 e. The van der Waals surface area contributed by atoms with Crippen LogP contribution in [0.25, 0.3) is 23.1 Å². The first-order valence-corrected chi connectivity index (χ1v) is 10.6. The number of imide groups is 1. The highest BCUT2D eigenvalue weighted by Crippen LogP contribution is 2.31. The fraction of sp³-hybridized carbons (Fsp3) is 0.0833. The second-order valence-electron chi connectivity index (χ2n) is 6.93. The van der Waals surface area contributed by atoms with Gasteiger partial charge < -0.3 is 5.32 Å². The number of thioether (sulfide) groups is 1. The van der Waals surface area contributed by atoms with Crippen molar-refractivity contribution in [2.45, 2.75) is 0 Å². The van der Waals surface area contributed by atoms with Gasteiger partial charge in [0.05, 0.1) is 10.4 Å². The molecule has 1 saturated heterocycles. The number of carbonyl (C=O) groups excluding carboxylic acids is 3. The van der Waals surface area contributed by atoms with Crippen molar-refractivity contribution in [1.82, 2.24) is 15.2 Å². The first-order chi connectivity index (χ1) is 15.5. The van der Waals surface area contributed by atoms with Gasteiger partial charge in [-0.2, -0.15) is 0 Å². The minimum absolute atomic E-state index is 0.0564. The minimum Gasteiger partial charge on any atom is -0.351 e. The van der Waals surface area contributed by atoms with Gasteiger partial charge in [-0.25, -0.2) is 4.39 Å². The molecule has 1 aliphatic heterocycles. The number of rotatable bonds is 6. The van der Waals surface area contributed by atoms with Crippen LogP contribution in [-0.4, -0.2) is 40.0 Å². The highest BCUT2D eigenvalue weighted by Gasteiger charge is 2.34. The molecule has 4 rings (SSSR count). The van der Waals surface area contributed by atoms with Gasteiger partial charge in [0, 0.05) is 36.3 Å². The van der Waals surface area contributed by atoms with Gasteiger partial charge in [-0.3, -0.25) is 24.3 Å². The number of hydrogen-bond acceptors (Lipinski definition) is 5. The fourth-order valence-electron chi connectivity index (χ4n) is 3.18. The zero-order valence-corrected chi connectivity index (χ0v) is 17.6. The third-order valence-electron chi connectivity index (χ3n) is 4.75. The topological polar surface area (TPSA) is 79.4 Å². The first kappa shape index (κ1) is 21.5. The molecule has 0 aliphatic carbocycles. The molecular weight excluding hydrogens is 429 g/mol. The van der Waals surface area contributed by atoms with Gasteiger partial charge in [0.15, 0.2) is 0 Å². The number of pyridine rings is 1.